The first-order valence-electron chi connectivity index (χ1n) is 5.48. The highest BCUT2D eigenvalue weighted by atomic mass is 35.5. The minimum absolute atomic E-state index is 0.0194. The molecule has 2 N–H and O–H groups in total. The van der Waals surface area contributed by atoms with Gasteiger partial charge in [-0.25, -0.2) is 4.79 Å². The Bertz CT molecular complexity index is 596. The summed E-state index contributed by atoms with van der Waals surface area (Å²) < 4.78 is 10.2. The van der Waals surface area contributed by atoms with Crippen molar-refractivity contribution in [2.45, 2.75) is 6.42 Å². The number of ketones is 1. The number of benzene rings is 1. The van der Waals surface area contributed by atoms with E-state index in [-0.39, 0.29) is 18.2 Å². The summed E-state index contributed by atoms with van der Waals surface area (Å²) in [4.78, 5) is 33.0. The van der Waals surface area contributed by atoms with Crippen molar-refractivity contribution in [3.8, 4) is 11.5 Å². The van der Waals surface area contributed by atoms with Crippen LogP contribution in [0.2, 0.25) is 5.02 Å². The van der Waals surface area contributed by atoms with Crippen molar-refractivity contribution in [3.05, 3.63) is 22.7 Å². The van der Waals surface area contributed by atoms with Gasteiger partial charge in [-0.2, -0.15) is 0 Å². The van der Waals surface area contributed by atoms with Gasteiger partial charge in [0, 0.05) is 11.1 Å². The molecular formula is C12H9ClO7. The lowest BCUT2D eigenvalue weighted by Crippen LogP contribution is -2.31. The van der Waals surface area contributed by atoms with Crippen molar-refractivity contribution in [2.75, 3.05) is 6.79 Å². The monoisotopic (exact) mass is 300 g/mol. The molecule has 0 amide bonds. The summed E-state index contributed by atoms with van der Waals surface area (Å²) in [5, 5.41) is 17.7. The van der Waals surface area contributed by atoms with Crippen LogP contribution in [0.15, 0.2) is 12.1 Å². The Morgan fingerprint density at radius 2 is 1.80 bits per heavy atom. The van der Waals surface area contributed by atoms with E-state index in [4.69, 9.17) is 31.3 Å². The van der Waals surface area contributed by atoms with Crippen molar-refractivity contribution < 1.29 is 34.1 Å². The molecule has 0 saturated carbocycles. The summed E-state index contributed by atoms with van der Waals surface area (Å²) in [5.74, 6) is -5.64. The SMILES string of the molecule is O=C(O)C(=O)C(Cc1cc2c(cc1Cl)OCO2)C(=O)O. The number of carboxylic acid groups (broad SMARTS) is 2. The quantitative estimate of drug-likeness (QED) is 0.615. The van der Waals surface area contributed by atoms with Crippen molar-refractivity contribution >= 4 is 29.3 Å². The third-order valence-electron chi connectivity index (χ3n) is 2.79. The number of ether oxygens (including phenoxy) is 2. The number of halogens is 1. The first-order chi connectivity index (χ1) is 9.40. The topological polar surface area (TPSA) is 110 Å². The molecule has 0 spiro atoms. The van der Waals surface area contributed by atoms with E-state index in [0.717, 1.165) is 0 Å². The van der Waals surface area contributed by atoms with Crippen LogP contribution >= 0.6 is 11.6 Å². The number of fused-ring (bicyclic) bond motifs is 1. The van der Waals surface area contributed by atoms with Gasteiger partial charge in [-0.3, -0.25) is 9.59 Å². The zero-order chi connectivity index (χ0) is 14.9. The van der Waals surface area contributed by atoms with Gasteiger partial charge in [-0.05, 0) is 18.1 Å². The largest absolute Gasteiger partial charge is 0.481 e. The van der Waals surface area contributed by atoms with Crippen molar-refractivity contribution in [1.29, 1.82) is 0 Å². The third-order valence-corrected chi connectivity index (χ3v) is 3.14. The van der Waals surface area contributed by atoms with Crippen LogP contribution in [-0.4, -0.2) is 34.7 Å². The lowest BCUT2D eigenvalue weighted by molar-refractivity contribution is -0.157. The molecule has 2 rings (SSSR count). The first kappa shape index (κ1) is 14.1. The molecule has 106 valence electrons. The minimum atomic E-state index is -1.80. The smallest absolute Gasteiger partial charge is 0.373 e. The van der Waals surface area contributed by atoms with Crippen LogP contribution in [0.1, 0.15) is 5.56 Å². The fourth-order valence-electron chi connectivity index (χ4n) is 1.78. The second-order valence-electron chi connectivity index (χ2n) is 4.06. The van der Waals surface area contributed by atoms with Crippen LogP contribution < -0.4 is 9.47 Å². The summed E-state index contributed by atoms with van der Waals surface area (Å²) in [7, 11) is 0. The van der Waals surface area contributed by atoms with E-state index in [2.05, 4.69) is 0 Å². The predicted molar refractivity (Wildman–Crippen MR) is 65.0 cm³/mol. The molecule has 20 heavy (non-hydrogen) atoms. The summed E-state index contributed by atoms with van der Waals surface area (Å²) in [6.07, 6.45) is -0.337. The van der Waals surface area contributed by atoms with Gasteiger partial charge in [0.2, 0.25) is 6.79 Å². The van der Waals surface area contributed by atoms with E-state index in [1.54, 1.807) is 0 Å². The predicted octanol–water partition coefficient (Wildman–Crippen LogP) is 0.966. The number of hydrogen-bond acceptors (Lipinski definition) is 5. The Kier molecular flexibility index (Phi) is 3.80. The van der Waals surface area contributed by atoms with Gasteiger partial charge >= 0.3 is 11.9 Å². The van der Waals surface area contributed by atoms with E-state index in [1.165, 1.54) is 12.1 Å². The molecule has 8 heteroatoms. The van der Waals surface area contributed by atoms with Gasteiger partial charge in [-0.1, -0.05) is 11.6 Å². The lowest BCUT2D eigenvalue weighted by Gasteiger charge is -2.11. The second-order valence-corrected chi connectivity index (χ2v) is 4.47. The maximum absolute atomic E-state index is 11.4. The number of carbonyl (C=O) groups is 3. The number of aliphatic carboxylic acids is 2. The van der Waals surface area contributed by atoms with Gasteiger partial charge < -0.3 is 19.7 Å². The molecule has 1 atom stereocenters. The van der Waals surface area contributed by atoms with Gasteiger partial charge in [0.15, 0.2) is 11.5 Å². The molecule has 0 aromatic heterocycles. The first-order valence-corrected chi connectivity index (χ1v) is 5.86. The standard InChI is InChI=1S/C12H9ClO7/c13-7-3-9-8(19-4-20-9)2-5(7)1-6(11(15)16)10(14)12(17)18/h2-3,6H,1,4H2,(H,15,16)(H,17,18). The highest BCUT2D eigenvalue weighted by Gasteiger charge is 2.32. The Hall–Kier alpha value is -2.28. The summed E-state index contributed by atoms with van der Waals surface area (Å²) in [5.41, 5.74) is 0.304. The zero-order valence-electron chi connectivity index (χ0n) is 9.96. The Balaban J connectivity index is 2.30. The molecule has 7 nitrogen and oxygen atoms in total. The number of carboxylic acids is 2. The minimum Gasteiger partial charge on any atom is -0.481 e. The van der Waals surface area contributed by atoms with Crippen molar-refractivity contribution in [3.63, 3.8) is 0 Å². The molecule has 1 unspecified atom stereocenters. The molecule has 0 aliphatic carbocycles. The molecule has 1 aliphatic heterocycles. The molecular weight excluding hydrogens is 292 g/mol. The molecule has 0 radical (unpaired) electrons. The molecule has 0 saturated heterocycles. The fourth-order valence-corrected chi connectivity index (χ4v) is 2.01. The maximum atomic E-state index is 11.4. The number of hydrogen-bond donors (Lipinski definition) is 2. The number of rotatable bonds is 5. The van der Waals surface area contributed by atoms with E-state index < -0.39 is 23.6 Å². The van der Waals surface area contributed by atoms with Gasteiger partial charge in [0.1, 0.15) is 5.92 Å². The van der Waals surface area contributed by atoms with Crippen LogP contribution in [0.4, 0.5) is 0 Å². The molecule has 1 heterocycles. The lowest BCUT2D eigenvalue weighted by atomic mass is 9.95. The fraction of sp³-hybridized carbons (Fsp3) is 0.250. The normalized spacial score (nSPS) is 13.8. The van der Waals surface area contributed by atoms with Crippen LogP contribution in [0.3, 0.4) is 0 Å². The second kappa shape index (κ2) is 5.38. The van der Waals surface area contributed by atoms with E-state index in [0.29, 0.717) is 17.1 Å². The van der Waals surface area contributed by atoms with Crippen LogP contribution in [-0.2, 0) is 20.8 Å². The molecule has 0 bridgehead atoms. The Morgan fingerprint density at radius 3 is 2.35 bits per heavy atom. The summed E-state index contributed by atoms with van der Waals surface area (Å²) in [6, 6.07) is 2.87. The number of Topliss-reactive ketones (excluding diaryl/α,β-unsaturated/α-hetero) is 1. The Labute approximate surface area is 117 Å². The highest BCUT2D eigenvalue weighted by Crippen LogP contribution is 2.37. The van der Waals surface area contributed by atoms with Crippen LogP contribution in [0.25, 0.3) is 0 Å². The average molecular weight is 301 g/mol. The zero-order valence-corrected chi connectivity index (χ0v) is 10.7. The van der Waals surface area contributed by atoms with Crippen molar-refractivity contribution in [1.82, 2.24) is 0 Å². The number of carbonyl (C=O) groups excluding carboxylic acids is 1. The van der Waals surface area contributed by atoms with E-state index in [1.807, 2.05) is 0 Å². The molecule has 1 aromatic carbocycles. The van der Waals surface area contributed by atoms with Gasteiger partial charge in [0.05, 0.1) is 0 Å². The van der Waals surface area contributed by atoms with Gasteiger partial charge in [0.25, 0.3) is 5.78 Å². The molecule has 1 aliphatic rings. The summed E-state index contributed by atoms with van der Waals surface area (Å²) in [6.45, 7) is 0.0194. The van der Waals surface area contributed by atoms with E-state index >= 15 is 0 Å². The van der Waals surface area contributed by atoms with Crippen molar-refractivity contribution in [2.24, 2.45) is 5.92 Å². The Morgan fingerprint density at radius 1 is 1.20 bits per heavy atom. The highest BCUT2D eigenvalue weighted by molar-refractivity contribution is 6.37. The third kappa shape index (κ3) is 2.67. The van der Waals surface area contributed by atoms with Crippen LogP contribution in [0, 0.1) is 5.92 Å². The molecule has 0 fully saturated rings. The average Bonchev–Trinajstić information content (AvgIpc) is 2.81. The molecule has 1 aromatic rings. The van der Waals surface area contributed by atoms with Gasteiger partial charge in [-0.15, -0.1) is 0 Å². The van der Waals surface area contributed by atoms with E-state index in [9.17, 15) is 14.4 Å². The van der Waals surface area contributed by atoms with Crippen LogP contribution in [0.5, 0.6) is 11.5 Å². The summed E-state index contributed by atoms with van der Waals surface area (Å²) >= 11 is 5.95. The maximum Gasteiger partial charge on any atom is 0.373 e.